The third-order valence-corrected chi connectivity index (χ3v) is 2.04. The molecule has 0 amide bonds. The van der Waals surface area contributed by atoms with E-state index in [1.54, 1.807) is 6.20 Å². The Balaban J connectivity index is 2.63. The van der Waals surface area contributed by atoms with Crippen LogP contribution in [0.15, 0.2) is 53.3 Å². The van der Waals surface area contributed by atoms with Gasteiger partial charge in [-0.3, -0.25) is 4.99 Å². The first kappa shape index (κ1) is 11.5. The van der Waals surface area contributed by atoms with Crippen molar-refractivity contribution in [2.45, 2.75) is 20.3 Å². The van der Waals surface area contributed by atoms with Crippen molar-refractivity contribution in [1.29, 1.82) is 0 Å². The predicted octanol–water partition coefficient (Wildman–Crippen LogP) is 2.96. The minimum atomic E-state index is 0.674. The zero-order valence-corrected chi connectivity index (χ0v) is 9.35. The molecule has 15 heavy (non-hydrogen) atoms. The summed E-state index contributed by atoms with van der Waals surface area (Å²) in [5.41, 5.74) is 7.38. The molecule has 0 heterocycles. The molecule has 2 N–H and O–H groups in total. The van der Waals surface area contributed by atoms with E-state index in [-0.39, 0.29) is 0 Å². The summed E-state index contributed by atoms with van der Waals surface area (Å²) in [6, 6.07) is 0. The summed E-state index contributed by atoms with van der Waals surface area (Å²) in [6.07, 6.45) is 14.4. The summed E-state index contributed by atoms with van der Waals surface area (Å²) in [6.45, 7) is 4.37. The Morgan fingerprint density at radius 1 is 1.33 bits per heavy atom. The van der Waals surface area contributed by atoms with Crippen LogP contribution in [0, 0.1) is 5.92 Å². The molecule has 0 aromatic carbocycles. The van der Waals surface area contributed by atoms with Gasteiger partial charge < -0.3 is 5.73 Å². The number of aliphatic imine (C=N–C) groups is 1. The molecule has 0 saturated carbocycles. The van der Waals surface area contributed by atoms with E-state index in [1.165, 1.54) is 0 Å². The molecule has 0 aromatic rings. The molecule has 0 aliphatic heterocycles. The Labute approximate surface area is 91.6 Å². The van der Waals surface area contributed by atoms with Crippen molar-refractivity contribution in [3.63, 3.8) is 0 Å². The van der Waals surface area contributed by atoms with Crippen LogP contribution < -0.4 is 5.73 Å². The third kappa shape index (κ3) is 3.98. The van der Waals surface area contributed by atoms with Gasteiger partial charge in [0, 0.05) is 18.0 Å². The number of nitrogens with two attached hydrogens (primary N) is 1. The molecule has 0 radical (unpaired) electrons. The van der Waals surface area contributed by atoms with Crippen molar-refractivity contribution in [1.82, 2.24) is 0 Å². The Kier molecular flexibility index (Phi) is 4.61. The van der Waals surface area contributed by atoms with Crippen molar-refractivity contribution in [3.05, 3.63) is 48.4 Å². The van der Waals surface area contributed by atoms with Gasteiger partial charge in [-0.15, -0.1) is 0 Å². The molecule has 1 aliphatic rings. The lowest BCUT2D eigenvalue weighted by Crippen LogP contribution is -2.01. The minimum absolute atomic E-state index is 0.674. The number of allylic oxidation sites excluding steroid dienone is 6. The lowest BCUT2D eigenvalue weighted by Gasteiger charge is -2.03. The maximum absolute atomic E-state index is 5.49. The molecule has 1 rings (SSSR count). The molecule has 80 valence electrons. The van der Waals surface area contributed by atoms with Gasteiger partial charge in [0.15, 0.2) is 0 Å². The van der Waals surface area contributed by atoms with Crippen molar-refractivity contribution < 1.29 is 0 Å². The topological polar surface area (TPSA) is 38.4 Å². The summed E-state index contributed by atoms with van der Waals surface area (Å²) in [5, 5.41) is 0. The Morgan fingerprint density at radius 2 is 2.07 bits per heavy atom. The van der Waals surface area contributed by atoms with E-state index in [1.807, 2.05) is 30.5 Å². The maximum atomic E-state index is 5.49. The van der Waals surface area contributed by atoms with Crippen LogP contribution in [0.3, 0.4) is 0 Å². The normalized spacial score (nSPS) is 21.3. The van der Waals surface area contributed by atoms with Crippen molar-refractivity contribution >= 4 is 5.71 Å². The number of hydrogen-bond donors (Lipinski definition) is 1. The second-order valence-corrected chi connectivity index (χ2v) is 3.87. The molecule has 0 bridgehead atoms. The molecular formula is C13H18N2. The van der Waals surface area contributed by atoms with Crippen molar-refractivity contribution in [3.8, 4) is 0 Å². The van der Waals surface area contributed by atoms with E-state index in [4.69, 9.17) is 5.73 Å². The molecule has 0 saturated heterocycles. The molecule has 2 heteroatoms. The molecule has 1 aliphatic carbocycles. The SMILES string of the molecule is CC(C)C\C=C/N=C1/C=CC=C/C1=C/N. The van der Waals surface area contributed by atoms with Crippen LogP contribution >= 0.6 is 0 Å². The Hall–Kier alpha value is -1.57. The van der Waals surface area contributed by atoms with Gasteiger partial charge in [-0.2, -0.15) is 0 Å². The lowest BCUT2D eigenvalue weighted by atomic mass is 10.1. The third-order valence-electron chi connectivity index (χ3n) is 2.04. The summed E-state index contributed by atoms with van der Waals surface area (Å²) in [4.78, 5) is 4.36. The Bertz CT molecular complexity index is 342. The fourth-order valence-electron chi connectivity index (χ4n) is 1.21. The van der Waals surface area contributed by atoms with Gasteiger partial charge >= 0.3 is 0 Å². The van der Waals surface area contributed by atoms with Gasteiger partial charge in [-0.05, 0) is 18.4 Å². The summed E-state index contributed by atoms with van der Waals surface area (Å²) in [7, 11) is 0. The van der Waals surface area contributed by atoms with E-state index < -0.39 is 0 Å². The van der Waals surface area contributed by atoms with E-state index in [2.05, 4.69) is 24.9 Å². The minimum Gasteiger partial charge on any atom is -0.404 e. The maximum Gasteiger partial charge on any atom is 0.0716 e. The highest BCUT2D eigenvalue weighted by Gasteiger charge is 2.00. The van der Waals surface area contributed by atoms with Crippen molar-refractivity contribution in [2.75, 3.05) is 0 Å². The van der Waals surface area contributed by atoms with Crippen LogP contribution in [0.2, 0.25) is 0 Å². The van der Waals surface area contributed by atoms with Gasteiger partial charge in [0.25, 0.3) is 0 Å². The number of hydrogen-bond acceptors (Lipinski definition) is 2. The lowest BCUT2D eigenvalue weighted by molar-refractivity contribution is 0.663. The fraction of sp³-hybridized carbons (Fsp3) is 0.308. The van der Waals surface area contributed by atoms with Crippen LogP contribution in [-0.4, -0.2) is 5.71 Å². The predicted molar refractivity (Wildman–Crippen MR) is 66.6 cm³/mol. The smallest absolute Gasteiger partial charge is 0.0716 e. The highest BCUT2D eigenvalue weighted by Crippen LogP contribution is 2.07. The molecule has 0 atom stereocenters. The van der Waals surface area contributed by atoms with Crippen LogP contribution in [0.1, 0.15) is 20.3 Å². The molecule has 0 fully saturated rings. The average molecular weight is 202 g/mol. The highest BCUT2D eigenvalue weighted by molar-refractivity contribution is 6.11. The second-order valence-electron chi connectivity index (χ2n) is 3.87. The standard InChI is InChI=1S/C13H18N2/c1-11(2)6-5-9-15-13-8-4-3-7-12(13)10-14/h3-5,7-11H,6,14H2,1-2H3/b9-5-,12-10-,15-13-. The summed E-state index contributed by atoms with van der Waals surface area (Å²) < 4.78 is 0. The quantitative estimate of drug-likeness (QED) is 0.750. The van der Waals surface area contributed by atoms with E-state index in [9.17, 15) is 0 Å². The highest BCUT2D eigenvalue weighted by atomic mass is 14.7. The fourth-order valence-corrected chi connectivity index (χ4v) is 1.21. The number of nitrogens with zero attached hydrogens (tertiary/aromatic N) is 1. The molecular weight excluding hydrogens is 184 g/mol. The molecule has 0 spiro atoms. The van der Waals surface area contributed by atoms with Gasteiger partial charge in [0.05, 0.1) is 5.71 Å². The second kappa shape index (κ2) is 6.02. The monoisotopic (exact) mass is 202 g/mol. The van der Waals surface area contributed by atoms with Crippen LogP contribution in [-0.2, 0) is 0 Å². The molecule has 0 unspecified atom stereocenters. The van der Waals surface area contributed by atoms with Crippen LogP contribution in [0.25, 0.3) is 0 Å². The average Bonchev–Trinajstić information content (AvgIpc) is 2.24. The zero-order valence-electron chi connectivity index (χ0n) is 9.35. The largest absolute Gasteiger partial charge is 0.404 e. The first-order valence-electron chi connectivity index (χ1n) is 5.24. The van der Waals surface area contributed by atoms with Gasteiger partial charge in [0.1, 0.15) is 0 Å². The van der Waals surface area contributed by atoms with Crippen molar-refractivity contribution in [2.24, 2.45) is 16.6 Å². The number of rotatable bonds is 3. The molecule has 2 nitrogen and oxygen atoms in total. The Morgan fingerprint density at radius 3 is 2.73 bits per heavy atom. The van der Waals surface area contributed by atoms with Crippen LogP contribution in [0.4, 0.5) is 0 Å². The molecule has 0 aromatic heterocycles. The summed E-state index contributed by atoms with van der Waals surface area (Å²) in [5.74, 6) is 0.674. The van der Waals surface area contributed by atoms with Crippen LogP contribution in [0.5, 0.6) is 0 Å². The zero-order chi connectivity index (χ0) is 11.1. The van der Waals surface area contributed by atoms with Gasteiger partial charge in [-0.1, -0.05) is 38.2 Å². The summed E-state index contributed by atoms with van der Waals surface area (Å²) >= 11 is 0. The first-order valence-corrected chi connectivity index (χ1v) is 5.24. The van der Waals surface area contributed by atoms with Gasteiger partial charge in [0.2, 0.25) is 0 Å². The van der Waals surface area contributed by atoms with E-state index in [0.717, 1.165) is 17.7 Å². The van der Waals surface area contributed by atoms with Gasteiger partial charge in [-0.25, -0.2) is 0 Å². The first-order chi connectivity index (χ1) is 7.24. The van der Waals surface area contributed by atoms with E-state index in [0.29, 0.717) is 5.92 Å². The van der Waals surface area contributed by atoms with E-state index >= 15 is 0 Å².